The van der Waals surface area contributed by atoms with E-state index in [0.29, 0.717) is 13.0 Å². The molecule has 1 aliphatic rings. The summed E-state index contributed by atoms with van der Waals surface area (Å²) in [5, 5.41) is 23.3. The topological polar surface area (TPSA) is 76.0 Å². The Bertz CT molecular complexity index is 882. The third-order valence-corrected chi connectivity index (χ3v) is 6.12. The van der Waals surface area contributed by atoms with Gasteiger partial charge >= 0.3 is 0 Å². The highest BCUT2D eigenvalue weighted by Gasteiger charge is 2.21. The molecule has 2 aromatic carbocycles. The highest BCUT2D eigenvalue weighted by Crippen LogP contribution is 2.19. The number of phenolic OH excluding ortho intramolecular Hbond substituents is 1. The average molecular weight is 440 g/mol. The fourth-order valence-electron chi connectivity index (χ4n) is 4.19. The second-order valence-electron chi connectivity index (χ2n) is 9.58. The Kier molecular flexibility index (Phi) is 8.29. The van der Waals surface area contributed by atoms with Crippen molar-refractivity contribution in [3.8, 4) is 5.75 Å². The Morgan fingerprint density at radius 3 is 2.53 bits per heavy atom. The van der Waals surface area contributed by atoms with E-state index in [1.54, 1.807) is 24.3 Å². The molecule has 1 atom stereocenters. The number of β-amino-alcohol motifs (C(OH)–C–C–N with tert-alkyl or cyclic N) is 1. The van der Waals surface area contributed by atoms with E-state index in [1.807, 2.05) is 17.0 Å². The van der Waals surface area contributed by atoms with Crippen molar-refractivity contribution in [1.29, 1.82) is 0 Å². The average Bonchev–Trinajstić information content (AvgIpc) is 2.97. The first-order chi connectivity index (χ1) is 15.2. The number of aliphatic hydroxyl groups excluding tert-OH is 1. The van der Waals surface area contributed by atoms with Crippen LogP contribution in [0.1, 0.15) is 43.1 Å². The van der Waals surface area contributed by atoms with Crippen LogP contribution in [0.15, 0.2) is 48.5 Å². The summed E-state index contributed by atoms with van der Waals surface area (Å²) in [4.78, 5) is 17.1. The summed E-state index contributed by atoms with van der Waals surface area (Å²) in [6.45, 7) is 8.26. The Morgan fingerprint density at radius 1 is 1.06 bits per heavy atom. The molecule has 1 unspecified atom stereocenters. The molecule has 1 amide bonds. The molecule has 174 valence electrons. The third kappa shape index (κ3) is 7.33. The minimum absolute atomic E-state index is 0.191. The van der Waals surface area contributed by atoms with Gasteiger partial charge in [0.1, 0.15) is 5.75 Å². The molecule has 0 radical (unpaired) electrons. The number of benzene rings is 2. The summed E-state index contributed by atoms with van der Waals surface area (Å²) in [5.41, 5.74) is 2.76. The molecule has 3 N–H and O–H groups in total. The SMILES string of the molecule is CN1CCCN(C(=O)Cc2cccc(CC(C)(C)NCC(O)c3ccc(O)cc3)c2)CC1. The molecule has 3 rings (SSSR count). The van der Waals surface area contributed by atoms with Gasteiger partial charge in [0.05, 0.1) is 12.5 Å². The van der Waals surface area contributed by atoms with Gasteiger partial charge < -0.3 is 25.3 Å². The van der Waals surface area contributed by atoms with Crippen molar-refractivity contribution >= 4 is 5.91 Å². The predicted octanol–water partition coefficient (Wildman–Crippen LogP) is 2.74. The molecule has 1 saturated heterocycles. The van der Waals surface area contributed by atoms with Crippen LogP contribution < -0.4 is 5.32 Å². The molecule has 1 aliphatic heterocycles. The standard InChI is InChI=1S/C26H37N3O3/c1-26(2,27-19-24(31)22-8-10-23(30)11-9-22)18-21-7-4-6-20(16-21)17-25(32)29-13-5-12-28(3)14-15-29/h4,6-11,16,24,27,30-31H,5,12-15,17-19H2,1-3H3. The number of nitrogens with one attached hydrogen (secondary N) is 1. The van der Waals surface area contributed by atoms with Crippen LogP contribution in [0.3, 0.4) is 0 Å². The fraction of sp³-hybridized carbons (Fsp3) is 0.500. The predicted molar refractivity (Wildman–Crippen MR) is 128 cm³/mol. The lowest BCUT2D eigenvalue weighted by molar-refractivity contribution is -0.130. The summed E-state index contributed by atoms with van der Waals surface area (Å²) in [7, 11) is 2.11. The molecule has 32 heavy (non-hydrogen) atoms. The van der Waals surface area contributed by atoms with Crippen LogP contribution in [0.2, 0.25) is 0 Å². The van der Waals surface area contributed by atoms with Gasteiger partial charge in [-0.3, -0.25) is 4.79 Å². The monoisotopic (exact) mass is 439 g/mol. The lowest BCUT2D eigenvalue weighted by atomic mass is 9.93. The van der Waals surface area contributed by atoms with Crippen LogP contribution in [0, 0.1) is 0 Å². The first-order valence-electron chi connectivity index (χ1n) is 11.5. The Balaban J connectivity index is 1.54. The minimum Gasteiger partial charge on any atom is -0.508 e. The molecule has 0 aromatic heterocycles. The lowest BCUT2D eigenvalue weighted by Crippen LogP contribution is -2.43. The molecular formula is C26H37N3O3. The van der Waals surface area contributed by atoms with Gasteiger partial charge in [0.25, 0.3) is 0 Å². The molecular weight excluding hydrogens is 402 g/mol. The van der Waals surface area contributed by atoms with Crippen LogP contribution in [-0.4, -0.2) is 71.2 Å². The van der Waals surface area contributed by atoms with Crippen LogP contribution in [0.5, 0.6) is 5.75 Å². The van der Waals surface area contributed by atoms with Crippen molar-refractivity contribution < 1.29 is 15.0 Å². The van der Waals surface area contributed by atoms with E-state index in [2.05, 4.69) is 43.2 Å². The number of rotatable bonds is 8. The summed E-state index contributed by atoms with van der Waals surface area (Å²) in [6.07, 6.45) is 1.60. The number of amides is 1. The zero-order valence-corrected chi connectivity index (χ0v) is 19.6. The minimum atomic E-state index is -0.647. The maximum Gasteiger partial charge on any atom is 0.227 e. The van der Waals surface area contributed by atoms with Crippen LogP contribution in [-0.2, 0) is 17.6 Å². The molecule has 6 nitrogen and oxygen atoms in total. The van der Waals surface area contributed by atoms with E-state index >= 15 is 0 Å². The van der Waals surface area contributed by atoms with Crippen molar-refractivity contribution in [2.24, 2.45) is 0 Å². The van der Waals surface area contributed by atoms with Gasteiger partial charge in [-0.2, -0.15) is 0 Å². The zero-order chi connectivity index (χ0) is 23.1. The molecule has 1 heterocycles. The number of hydrogen-bond acceptors (Lipinski definition) is 5. The first-order valence-corrected chi connectivity index (χ1v) is 11.5. The second kappa shape index (κ2) is 10.9. The lowest BCUT2D eigenvalue weighted by Gasteiger charge is -2.28. The van der Waals surface area contributed by atoms with E-state index in [9.17, 15) is 15.0 Å². The van der Waals surface area contributed by atoms with Gasteiger partial charge in [-0.25, -0.2) is 0 Å². The van der Waals surface area contributed by atoms with Gasteiger partial charge in [0.2, 0.25) is 5.91 Å². The summed E-state index contributed by atoms with van der Waals surface area (Å²) < 4.78 is 0. The Hall–Kier alpha value is -2.41. The van der Waals surface area contributed by atoms with Gasteiger partial charge in [-0.05, 0) is 69.1 Å². The normalized spacial score (nSPS) is 16.6. The van der Waals surface area contributed by atoms with E-state index in [-0.39, 0.29) is 17.2 Å². The fourth-order valence-corrected chi connectivity index (χ4v) is 4.19. The summed E-state index contributed by atoms with van der Waals surface area (Å²) >= 11 is 0. The molecule has 0 saturated carbocycles. The number of phenols is 1. The highest BCUT2D eigenvalue weighted by atomic mass is 16.3. The number of carbonyl (C=O) groups excluding carboxylic acids is 1. The number of aliphatic hydroxyl groups is 1. The van der Waals surface area contributed by atoms with Gasteiger partial charge in [-0.1, -0.05) is 36.4 Å². The largest absolute Gasteiger partial charge is 0.508 e. The van der Waals surface area contributed by atoms with Gasteiger partial charge in [0.15, 0.2) is 0 Å². The van der Waals surface area contributed by atoms with Crippen molar-refractivity contribution in [2.75, 3.05) is 39.8 Å². The van der Waals surface area contributed by atoms with E-state index in [0.717, 1.165) is 50.1 Å². The van der Waals surface area contributed by atoms with E-state index in [1.165, 1.54) is 5.56 Å². The number of carbonyl (C=O) groups is 1. The zero-order valence-electron chi connectivity index (χ0n) is 19.6. The first kappa shape index (κ1) is 24.2. The van der Waals surface area contributed by atoms with Crippen molar-refractivity contribution in [3.05, 3.63) is 65.2 Å². The number of nitrogens with zero attached hydrogens (tertiary/aromatic N) is 2. The van der Waals surface area contributed by atoms with E-state index in [4.69, 9.17) is 0 Å². The number of likely N-dealkylation sites (N-methyl/N-ethyl adjacent to an activating group) is 1. The molecule has 0 aliphatic carbocycles. The molecule has 6 heteroatoms. The maximum atomic E-state index is 12.8. The molecule has 2 aromatic rings. The summed E-state index contributed by atoms with van der Waals surface area (Å²) in [5.74, 6) is 0.391. The van der Waals surface area contributed by atoms with Crippen molar-refractivity contribution in [2.45, 2.75) is 44.8 Å². The third-order valence-electron chi connectivity index (χ3n) is 6.12. The second-order valence-corrected chi connectivity index (χ2v) is 9.58. The van der Waals surface area contributed by atoms with Crippen LogP contribution in [0.4, 0.5) is 0 Å². The molecule has 1 fully saturated rings. The molecule has 0 spiro atoms. The van der Waals surface area contributed by atoms with Crippen LogP contribution >= 0.6 is 0 Å². The summed E-state index contributed by atoms with van der Waals surface area (Å²) in [6, 6.07) is 14.9. The van der Waals surface area contributed by atoms with Gasteiger partial charge in [0, 0.05) is 31.7 Å². The van der Waals surface area contributed by atoms with Crippen LogP contribution in [0.25, 0.3) is 0 Å². The number of hydrogen-bond donors (Lipinski definition) is 3. The van der Waals surface area contributed by atoms with E-state index < -0.39 is 6.10 Å². The Morgan fingerprint density at radius 2 is 1.78 bits per heavy atom. The number of aromatic hydroxyl groups is 1. The van der Waals surface area contributed by atoms with Crippen molar-refractivity contribution in [1.82, 2.24) is 15.1 Å². The smallest absolute Gasteiger partial charge is 0.227 e. The Labute approximate surface area is 191 Å². The highest BCUT2D eigenvalue weighted by molar-refractivity contribution is 5.78. The molecule has 0 bridgehead atoms. The van der Waals surface area contributed by atoms with Crippen molar-refractivity contribution in [3.63, 3.8) is 0 Å². The maximum absolute atomic E-state index is 12.8. The quantitative estimate of drug-likeness (QED) is 0.590. The van der Waals surface area contributed by atoms with Gasteiger partial charge in [-0.15, -0.1) is 0 Å².